The second kappa shape index (κ2) is 16.8. The first kappa shape index (κ1) is 38.8. The van der Waals surface area contributed by atoms with Gasteiger partial charge in [0.2, 0.25) is 11.8 Å². The molecule has 0 heterocycles. The minimum Gasteiger partial charge on any atom is -0.463 e. The van der Waals surface area contributed by atoms with E-state index in [-0.39, 0.29) is 25.1 Å². The molecular formula is C35H57N3O6. The smallest absolute Gasteiger partial charge is 0.333 e. The van der Waals surface area contributed by atoms with Crippen LogP contribution in [0.15, 0.2) is 42.0 Å². The summed E-state index contributed by atoms with van der Waals surface area (Å²) < 4.78 is 10.7. The van der Waals surface area contributed by atoms with Gasteiger partial charge in [0.05, 0.1) is 25.2 Å². The fraction of sp³-hybridized carbons (Fsp3) is 0.657. The summed E-state index contributed by atoms with van der Waals surface area (Å²) in [6, 6.07) is 7.47. The lowest BCUT2D eigenvalue weighted by atomic mass is 9.76. The number of benzene rings is 1. The van der Waals surface area contributed by atoms with Crippen LogP contribution in [0.2, 0.25) is 0 Å². The van der Waals surface area contributed by atoms with Crippen molar-refractivity contribution in [2.75, 3.05) is 19.7 Å². The molecule has 2 amide bonds. The monoisotopic (exact) mass is 615 g/mol. The minimum atomic E-state index is -0.886. The molecule has 0 fully saturated rings. The van der Waals surface area contributed by atoms with Crippen LogP contribution in [0.4, 0.5) is 0 Å². The second-order valence-electron chi connectivity index (χ2n) is 13.8. The summed E-state index contributed by atoms with van der Waals surface area (Å²) in [6.07, 6.45) is 3.21. The van der Waals surface area contributed by atoms with E-state index in [0.717, 1.165) is 12.0 Å². The molecule has 0 radical (unpaired) electrons. The van der Waals surface area contributed by atoms with Crippen molar-refractivity contribution < 1.29 is 28.7 Å². The number of likely N-dealkylation sites (N-methyl/N-ethyl adjacent to an activating group) is 1. The average Bonchev–Trinajstić information content (AvgIpc) is 2.91. The Morgan fingerprint density at radius 2 is 1.50 bits per heavy atom. The first-order valence-corrected chi connectivity index (χ1v) is 15.8. The van der Waals surface area contributed by atoms with Gasteiger partial charge in [-0.05, 0) is 58.9 Å². The lowest BCUT2D eigenvalue weighted by Gasteiger charge is -2.40. The highest BCUT2D eigenvalue weighted by Gasteiger charge is 2.42. The minimum absolute atomic E-state index is 0.183. The predicted octanol–water partition coefficient (Wildman–Crippen LogP) is 5.32. The Morgan fingerprint density at radius 1 is 0.909 bits per heavy atom. The zero-order valence-electron chi connectivity index (χ0n) is 29.1. The molecular weight excluding hydrogens is 558 g/mol. The Labute approximate surface area is 265 Å². The van der Waals surface area contributed by atoms with E-state index in [4.69, 9.17) is 9.47 Å². The van der Waals surface area contributed by atoms with Gasteiger partial charge in [-0.1, -0.05) is 84.4 Å². The molecule has 0 aliphatic rings. The van der Waals surface area contributed by atoms with Crippen LogP contribution in [0.1, 0.15) is 101 Å². The highest BCUT2D eigenvalue weighted by atomic mass is 16.6. The standard InChI is InChI=1S/C35H57N3O6/c1-13-19-26(22-24(4)32(42)43-15-3)38(14-2)31(41)29(33(5,6)7)37-30(40)28(36-23-27(39)44-34(8,9)10)35(11,12)25-20-17-16-18-21-25/h16-18,20-22,26,28-29,36H,13-15,19,23H2,1-12H3,(H,37,40)/b24-22+/t26-,28?,29+/m0/s1. The van der Waals surface area contributed by atoms with Gasteiger partial charge in [0, 0.05) is 17.5 Å². The lowest BCUT2D eigenvalue weighted by Crippen LogP contribution is -2.62. The zero-order valence-corrected chi connectivity index (χ0v) is 29.1. The van der Waals surface area contributed by atoms with Gasteiger partial charge in [0.1, 0.15) is 11.6 Å². The van der Waals surface area contributed by atoms with Gasteiger partial charge in [-0.15, -0.1) is 0 Å². The summed E-state index contributed by atoms with van der Waals surface area (Å²) in [7, 11) is 0. The topological polar surface area (TPSA) is 114 Å². The Kier molecular flexibility index (Phi) is 14.8. The summed E-state index contributed by atoms with van der Waals surface area (Å²) in [5.74, 6) is -1.55. The number of carbonyl (C=O) groups is 4. The molecule has 0 aromatic heterocycles. The largest absolute Gasteiger partial charge is 0.463 e. The van der Waals surface area contributed by atoms with Crippen molar-refractivity contribution in [1.82, 2.24) is 15.5 Å². The van der Waals surface area contributed by atoms with Crippen LogP contribution in [-0.2, 0) is 34.1 Å². The third kappa shape index (κ3) is 11.7. The van der Waals surface area contributed by atoms with Crippen LogP contribution in [0, 0.1) is 5.41 Å². The van der Waals surface area contributed by atoms with Crippen molar-refractivity contribution in [3.8, 4) is 0 Å². The lowest BCUT2D eigenvalue weighted by molar-refractivity contribution is -0.154. The van der Waals surface area contributed by atoms with Gasteiger partial charge in [-0.3, -0.25) is 19.7 Å². The number of rotatable bonds is 15. The molecule has 1 aromatic carbocycles. The van der Waals surface area contributed by atoms with E-state index in [9.17, 15) is 19.2 Å². The maximum Gasteiger partial charge on any atom is 0.333 e. The van der Waals surface area contributed by atoms with Crippen LogP contribution in [-0.4, -0.2) is 72.1 Å². The number of esters is 2. The van der Waals surface area contributed by atoms with E-state index in [2.05, 4.69) is 10.6 Å². The molecule has 1 aromatic rings. The third-order valence-electron chi connectivity index (χ3n) is 7.42. The zero-order chi connectivity index (χ0) is 33.9. The number of carbonyl (C=O) groups excluding carboxylic acids is 4. The highest BCUT2D eigenvalue weighted by molar-refractivity contribution is 5.92. The quantitative estimate of drug-likeness (QED) is 0.203. The van der Waals surface area contributed by atoms with Crippen LogP contribution < -0.4 is 10.6 Å². The Bertz CT molecular complexity index is 1130. The van der Waals surface area contributed by atoms with E-state index in [1.54, 1.807) is 45.6 Å². The number of nitrogens with zero attached hydrogens (tertiary/aromatic N) is 1. The van der Waals surface area contributed by atoms with Gasteiger partial charge in [0.25, 0.3) is 0 Å². The number of nitrogens with one attached hydrogen (secondary N) is 2. The predicted molar refractivity (Wildman–Crippen MR) is 175 cm³/mol. The SMILES string of the molecule is CCC[C@@H](/C=C(\C)C(=O)OCC)N(CC)C(=O)[C@@H](NC(=O)C(NCC(=O)OC(C)(C)C)C(C)(C)c1ccccc1)C(C)(C)C. The molecule has 0 aliphatic carbocycles. The normalized spacial score (nSPS) is 14.7. The third-order valence-corrected chi connectivity index (χ3v) is 7.42. The highest BCUT2D eigenvalue weighted by Crippen LogP contribution is 2.29. The fourth-order valence-electron chi connectivity index (χ4n) is 5.09. The van der Waals surface area contributed by atoms with Crippen LogP contribution in [0.5, 0.6) is 0 Å². The van der Waals surface area contributed by atoms with Gasteiger partial charge in [0.15, 0.2) is 0 Å². The molecule has 0 saturated heterocycles. The van der Waals surface area contributed by atoms with Crippen LogP contribution in [0.25, 0.3) is 0 Å². The molecule has 1 unspecified atom stereocenters. The van der Waals surface area contributed by atoms with Gasteiger partial charge < -0.3 is 19.7 Å². The van der Waals surface area contributed by atoms with E-state index >= 15 is 0 Å². The second-order valence-corrected chi connectivity index (χ2v) is 13.8. The van der Waals surface area contributed by atoms with Crippen molar-refractivity contribution in [1.29, 1.82) is 0 Å². The summed E-state index contributed by atoms with van der Waals surface area (Å²) in [6.45, 7) is 22.8. The molecule has 9 nitrogen and oxygen atoms in total. The van der Waals surface area contributed by atoms with Crippen molar-refractivity contribution in [2.24, 2.45) is 5.41 Å². The summed E-state index contributed by atoms with van der Waals surface area (Å²) in [5, 5.41) is 6.20. The fourth-order valence-corrected chi connectivity index (χ4v) is 5.09. The van der Waals surface area contributed by atoms with Crippen molar-refractivity contribution >= 4 is 23.8 Å². The summed E-state index contributed by atoms with van der Waals surface area (Å²) in [4.78, 5) is 55.2. The average molecular weight is 616 g/mol. The molecule has 3 atom stereocenters. The molecule has 248 valence electrons. The number of amides is 2. The van der Waals surface area contributed by atoms with E-state index < -0.39 is 46.4 Å². The number of ether oxygens (including phenoxy) is 2. The maximum atomic E-state index is 14.3. The molecule has 9 heteroatoms. The maximum absolute atomic E-state index is 14.3. The molecule has 1 rings (SSSR count). The first-order chi connectivity index (χ1) is 20.3. The van der Waals surface area contributed by atoms with Crippen LogP contribution >= 0.6 is 0 Å². The number of hydrogen-bond acceptors (Lipinski definition) is 7. The number of hydrogen-bond donors (Lipinski definition) is 2. The molecule has 44 heavy (non-hydrogen) atoms. The van der Waals surface area contributed by atoms with Gasteiger partial charge in [-0.25, -0.2) is 4.79 Å². The van der Waals surface area contributed by atoms with Crippen molar-refractivity contribution in [3.05, 3.63) is 47.5 Å². The Balaban J connectivity index is 3.49. The molecule has 0 aliphatic heterocycles. The van der Waals surface area contributed by atoms with Gasteiger partial charge in [-0.2, -0.15) is 0 Å². The molecule has 2 N–H and O–H groups in total. The summed E-state index contributed by atoms with van der Waals surface area (Å²) in [5.41, 5.74) is -0.748. The van der Waals surface area contributed by atoms with Gasteiger partial charge >= 0.3 is 11.9 Å². The van der Waals surface area contributed by atoms with Crippen LogP contribution in [0.3, 0.4) is 0 Å². The van der Waals surface area contributed by atoms with E-state index in [1.807, 2.05) is 78.8 Å². The molecule has 0 spiro atoms. The Morgan fingerprint density at radius 3 is 1.98 bits per heavy atom. The Hall–Kier alpha value is -3.20. The van der Waals surface area contributed by atoms with E-state index in [1.165, 1.54) is 0 Å². The molecule has 0 bridgehead atoms. The van der Waals surface area contributed by atoms with E-state index in [0.29, 0.717) is 18.5 Å². The first-order valence-electron chi connectivity index (χ1n) is 15.8. The molecule has 0 saturated carbocycles. The van der Waals surface area contributed by atoms with Crippen molar-refractivity contribution in [3.63, 3.8) is 0 Å². The summed E-state index contributed by atoms with van der Waals surface area (Å²) >= 11 is 0. The van der Waals surface area contributed by atoms with Crippen molar-refractivity contribution in [2.45, 2.75) is 125 Å².